The molecular weight excluding hydrogens is 558 g/mol. The third kappa shape index (κ3) is 7.89. The Kier molecular flexibility index (Phi) is 11.0. The summed E-state index contributed by atoms with van der Waals surface area (Å²) in [4.78, 5) is 29.1. The molecular formula is C32H40ClN3O4S. The van der Waals surface area contributed by atoms with Gasteiger partial charge in [0.05, 0.1) is 10.6 Å². The Bertz CT molecular complexity index is 1460. The number of hydrogen-bond donors (Lipinski definition) is 1. The molecule has 0 heterocycles. The van der Waals surface area contributed by atoms with Crippen LogP contribution in [0.3, 0.4) is 0 Å². The van der Waals surface area contributed by atoms with Crippen molar-refractivity contribution in [2.24, 2.45) is 0 Å². The van der Waals surface area contributed by atoms with Crippen LogP contribution in [-0.4, -0.2) is 43.8 Å². The first kappa shape index (κ1) is 32.2. The zero-order valence-electron chi connectivity index (χ0n) is 24.6. The second-order valence-corrected chi connectivity index (χ2v) is 12.7. The summed E-state index contributed by atoms with van der Waals surface area (Å²) in [5, 5.41) is 3.54. The predicted octanol–water partition coefficient (Wildman–Crippen LogP) is 6.18. The molecule has 9 heteroatoms. The van der Waals surface area contributed by atoms with E-state index in [9.17, 15) is 18.0 Å². The third-order valence-electron chi connectivity index (χ3n) is 7.39. The molecule has 0 saturated heterocycles. The molecule has 0 bridgehead atoms. The maximum atomic E-state index is 14.2. The highest BCUT2D eigenvalue weighted by Crippen LogP contribution is 2.29. The Balaban J connectivity index is 2.10. The van der Waals surface area contributed by atoms with Gasteiger partial charge in [0.1, 0.15) is 12.6 Å². The van der Waals surface area contributed by atoms with E-state index in [1.54, 1.807) is 60.7 Å². The average Bonchev–Trinajstić information content (AvgIpc) is 2.94. The van der Waals surface area contributed by atoms with Crippen LogP contribution in [0.25, 0.3) is 0 Å². The summed E-state index contributed by atoms with van der Waals surface area (Å²) in [5.74, 6) is -0.758. The molecule has 3 rings (SSSR count). The zero-order chi connectivity index (χ0) is 30.3. The number of benzene rings is 3. The Labute approximate surface area is 249 Å². The monoisotopic (exact) mass is 597 g/mol. The van der Waals surface area contributed by atoms with Crippen LogP contribution in [0.4, 0.5) is 5.69 Å². The van der Waals surface area contributed by atoms with Crippen molar-refractivity contribution in [3.8, 4) is 0 Å². The van der Waals surface area contributed by atoms with Gasteiger partial charge >= 0.3 is 0 Å². The lowest BCUT2D eigenvalue weighted by Crippen LogP contribution is -2.53. The minimum absolute atomic E-state index is 0.0719. The normalized spacial score (nSPS) is 12.9. The number of rotatable bonds is 12. The average molecular weight is 598 g/mol. The smallest absolute Gasteiger partial charge is 0.264 e. The van der Waals surface area contributed by atoms with E-state index in [0.29, 0.717) is 17.1 Å². The highest BCUT2D eigenvalue weighted by molar-refractivity contribution is 7.92. The molecule has 3 aromatic rings. The molecule has 0 aromatic heterocycles. The number of nitrogens with one attached hydrogen (secondary N) is 1. The van der Waals surface area contributed by atoms with Gasteiger partial charge in [-0.15, -0.1) is 0 Å². The van der Waals surface area contributed by atoms with Gasteiger partial charge in [-0.2, -0.15) is 0 Å². The summed E-state index contributed by atoms with van der Waals surface area (Å²) in [5.41, 5.74) is 3.77. The number of amides is 2. The Morgan fingerprint density at radius 1 is 0.902 bits per heavy atom. The summed E-state index contributed by atoms with van der Waals surface area (Å²) in [6, 6.07) is 18.1. The van der Waals surface area contributed by atoms with Crippen molar-refractivity contribution in [2.45, 2.75) is 77.9 Å². The van der Waals surface area contributed by atoms with E-state index in [0.717, 1.165) is 33.0 Å². The quantitative estimate of drug-likeness (QED) is 0.270. The highest BCUT2D eigenvalue weighted by atomic mass is 35.5. The number of hydrogen-bond acceptors (Lipinski definition) is 4. The molecule has 0 radical (unpaired) electrons. The lowest BCUT2D eigenvalue weighted by molar-refractivity contribution is -0.140. The fourth-order valence-electron chi connectivity index (χ4n) is 4.50. The molecule has 3 aromatic carbocycles. The van der Waals surface area contributed by atoms with E-state index in [4.69, 9.17) is 11.6 Å². The SMILES string of the molecule is CCC(C)NC(=O)C(CC)N(Cc1ccc(Cl)cc1)C(=O)CN(c1cccc(C)c1C)S(=O)(=O)c1ccc(C)cc1. The molecule has 7 nitrogen and oxygen atoms in total. The standard InChI is InChI=1S/C32H40ClN3O4S/c1-7-24(5)34-32(38)29(8-2)35(20-26-14-16-27(33)17-15-26)31(37)21-36(30-11-9-10-23(4)25(30)6)41(39,40)28-18-12-22(3)13-19-28/h9-19,24,29H,7-8,20-21H2,1-6H3,(H,34,38). The Hall–Kier alpha value is -3.36. The minimum atomic E-state index is -4.12. The molecule has 0 spiro atoms. The number of anilines is 1. The summed E-state index contributed by atoms with van der Waals surface area (Å²) in [6.45, 7) is 11.0. The lowest BCUT2D eigenvalue weighted by Gasteiger charge is -2.34. The molecule has 0 saturated carbocycles. The Morgan fingerprint density at radius 3 is 2.12 bits per heavy atom. The van der Waals surface area contributed by atoms with E-state index >= 15 is 0 Å². The van der Waals surface area contributed by atoms with Gasteiger partial charge in [-0.1, -0.05) is 67.4 Å². The van der Waals surface area contributed by atoms with Crippen molar-refractivity contribution in [2.75, 3.05) is 10.8 Å². The van der Waals surface area contributed by atoms with Gasteiger partial charge in [0.25, 0.3) is 10.0 Å². The van der Waals surface area contributed by atoms with Crippen LogP contribution in [0, 0.1) is 20.8 Å². The summed E-state index contributed by atoms with van der Waals surface area (Å²) < 4.78 is 29.3. The minimum Gasteiger partial charge on any atom is -0.352 e. The first-order valence-corrected chi connectivity index (χ1v) is 15.7. The van der Waals surface area contributed by atoms with Crippen LogP contribution < -0.4 is 9.62 Å². The molecule has 2 amide bonds. The van der Waals surface area contributed by atoms with Crippen molar-refractivity contribution in [3.05, 3.63) is 94.0 Å². The second-order valence-electron chi connectivity index (χ2n) is 10.4. The fraction of sp³-hybridized carbons (Fsp3) is 0.375. The van der Waals surface area contributed by atoms with Crippen molar-refractivity contribution in [3.63, 3.8) is 0 Å². The summed E-state index contributed by atoms with van der Waals surface area (Å²) in [6.07, 6.45) is 1.10. The summed E-state index contributed by atoms with van der Waals surface area (Å²) in [7, 11) is -4.12. The largest absolute Gasteiger partial charge is 0.352 e. The van der Waals surface area contributed by atoms with Crippen molar-refractivity contribution >= 4 is 39.1 Å². The second kappa shape index (κ2) is 14.0. The maximum Gasteiger partial charge on any atom is 0.264 e. The van der Waals surface area contributed by atoms with E-state index < -0.39 is 28.5 Å². The maximum absolute atomic E-state index is 14.2. The van der Waals surface area contributed by atoms with Crippen LogP contribution in [-0.2, 0) is 26.2 Å². The van der Waals surface area contributed by atoms with Crippen LogP contribution in [0.1, 0.15) is 55.9 Å². The molecule has 0 aliphatic heterocycles. The number of halogens is 1. The number of sulfonamides is 1. The fourth-order valence-corrected chi connectivity index (χ4v) is 6.10. The lowest BCUT2D eigenvalue weighted by atomic mass is 10.1. The third-order valence-corrected chi connectivity index (χ3v) is 9.41. The van der Waals surface area contributed by atoms with Crippen molar-refractivity contribution < 1.29 is 18.0 Å². The molecule has 41 heavy (non-hydrogen) atoms. The molecule has 0 aliphatic rings. The number of carbonyl (C=O) groups is 2. The van der Waals surface area contributed by atoms with E-state index in [2.05, 4.69) is 5.32 Å². The van der Waals surface area contributed by atoms with Gasteiger partial charge in [-0.05, 0) is 87.6 Å². The highest BCUT2D eigenvalue weighted by Gasteiger charge is 2.34. The van der Waals surface area contributed by atoms with Gasteiger partial charge in [0.2, 0.25) is 11.8 Å². The molecule has 0 fully saturated rings. The zero-order valence-corrected chi connectivity index (χ0v) is 26.2. The molecule has 0 aliphatic carbocycles. The van der Waals surface area contributed by atoms with E-state index in [-0.39, 0.29) is 23.4 Å². The van der Waals surface area contributed by atoms with Gasteiger partial charge in [-0.25, -0.2) is 8.42 Å². The number of nitrogens with zero attached hydrogens (tertiary/aromatic N) is 2. The van der Waals surface area contributed by atoms with Gasteiger partial charge in [0, 0.05) is 17.6 Å². The Morgan fingerprint density at radius 2 is 1.54 bits per heavy atom. The van der Waals surface area contributed by atoms with Gasteiger partial charge < -0.3 is 10.2 Å². The van der Waals surface area contributed by atoms with Crippen molar-refractivity contribution in [1.82, 2.24) is 10.2 Å². The number of carbonyl (C=O) groups excluding carboxylic acids is 2. The van der Waals surface area contributed by atoms with Gasteiger partial charge in [0.15, 0.2) is 0 Å². The van der Waals surface area contributed by atoms with Crippen LogP contribution in [0.5, 0.6) is 0 Å². The molecule has 1 N–H and O–H groups in total. The van der Waals surface area contributed by atoms with Crippen molar-refractivity contribution in [1.29, 1.82) is 0 Å². The molecule has 2 unspecified atom stereocenters. The first-order chi connectivity index (χ1) is 19.4. The number of aryl methyl sites for hydroxylation is 2. The predicted molar refractivity (Wildman–Crippen MR) is 166 cm³/mol. The van der Waals surface area contributed by atoms with Crippen LogP contribution >= 0.6 is 11.6 Å². The molecule has 220 valence electrons. The van der Waals surface area contributed by atoms with Gasteiger partial charge in [-0.3, -0.25) is 13.9 Å². The topological polar surface area (TPSA) is 86.8 Å². The first-order valence-electron chi connectivity index (χ1n) is 13.9. The van der Waals surface area contributed by atoms with Crippen LogP contribution in [0.15, 0.2) is 71.6 Å². The van der Waals surface area contributed by atoms with E-state index in [1.807, 2.05) is 47.6 Å². The molecule has 2 atom stereocenters. The summed E-state index contributed by atoms with van der Waals surface area (Å²) >= 11 is 6.09. The van der Waals surface area contributed by atoms with E-state index in [1.165, 1.54) is 4.90 Å². The van der Waals surface area contributed by atoms with Crippen LogP contribution in [0.2, 0.25) is 5.02 Å².